The third-order valence-electron chi connectivity index (χ3n) is 6.16. The third kappa shape index (κ3) is 2.59. The predicted octanol–water partition coefficient (Wildman–Crippen LogP) is 3.47. The highest BCUT2D eigenvalue weighted by Crippen LogP contribution is 2.61. The lowest BCUT2D eigenvalue weighted by atomic mass is 9.47. The molecule has 4 saturated carbocycles. The zero-order valence-corrected chi connectivity index (χ0v) is 14.8. The van der Waals surface area contributed by atoms with E-state index in [4.69, 9.17) is 0 Å². The molecular formula is C19H21N3O2S. The van der Waals surface area contributed by atoms with Crippen molar-refractivity contribution >= 4 is 22.4 Å². The lowest BCUT2D eigenvalue weighted by molar-refractivity contribution is -0.174. The standard InChI is InChI=1S/C19H21N3O2S/c23-16(18-6-12-5-13(7-18)9-19(24,8-12)11-18)22-17-21-15(10-25-17)14-3-1-2-4-20-14/h1-4,10,12-13,24H,5-9,11H2,(H,21,22,23)/t12-,13+,18?,19?. The SMILES string of the molecule is O=C(Nc1nc(-c2ccccn2)cs1)C12C[C@@H]3C[C@@H](CC(O)(C3)C1)C2. The van der Waals surface area contributed by atoms with E-state index in [-0.39, 0.29) is 5.91 Å². The number of thiazole rings is 1. The van der Waals surface area contributed by atoms with Gasteiger partial charge in [0, 0.05) is 11.6 Å². The van der Waals surface area contributed by atoms with Gasteiger partial charge < -0.3 is 10.4 Å². The first-order valence-electron chi connectivity index (χ1n) is 8.94. The Kier molecular flexibility index (Phi) is 3.31. The molecule has 6 rings (SSSR count). The first kappa shape index (κ1) is 15.5. The van der Waals surface area contributed by atoms with Gasteiger partial charge in [0.15, 0.2) is 5.13 Å². The molecule has 2 unspecified atom stereocenters. The number of nitrogens with one attached hydrogen (secondary N) is 1. The number of nitrogens with zero attached hydrogens (tertiary/aromatic N) is 2. The molecule has 1 amide bonds. The molecule has 2 N–H and O–H groups in total. The molecule has 4 bridgehead atoms. The second-order valence-corrected chi connectivity index (χ2v) is 9.03. The van der Waals surface area contributed by atoms with E-state index in [1.54, 1.807) is 6.20 Å². The van der Waals surface area contributed by atoms with Gasteiger partial charge in [-0.3, -0.25) is 9.78 Å². The summed E-state index contributed by atoms with van der Waals surface area (Å²) in [6, 6.07) is 5.71. The fourth-order valence-electron chi connectivity index (χ4n) is 5.67. The molecule has 5 nitrogen and oxygen atoms in total. The maximum absolute atomic E-state index is 13.1. The molecule has 130 valence electrons. The second kappa shape index (κ2) is 5.35. The number of hydrogen-bond donors (Lipinski definition) is 2. The van der Waals surface area contributed by atoms with Gasteiger partial charge in [0.2, 0.25) is 5.91 Å². The third-order valence-corrected chi connectivity index (χ3v) is 6.92. The number of amides is 1. The van der Waals surface area contributed by atoms with E-state index in [0.717, 1.165) is 37.1 Å². The van der Waals surface area contributed by atoms with Gasteiger partial charge in [-0.05, 0) is 62.5 Å². The van der Waals surface area contributed by atoms with Gasteiger partial charge >= 0.3 is 0 Å². The highest BCUT2D eigenvalue weighted by molar-refractivity contribution is 7.14. The number of aromatic nitrogens is 2. The molecule has 0 spiro atoms. The highest BCUT2D eigenvalue weighted by atomic mass is 32.1. The molecule has 4 fully saturated rings. The van der Waals surface area contributed by atoms with Crippen LogP contribution in [-0.4, -0.2) is 26.6 Å². The summed E-state index contributed by atoms with van der Waals surface area (Å²) < 4.78 is 0. The summed E-state index contributed by atoms with van der Waals surface area (Å²) in [5.74, 6) is 1.04. The molecule has 6 heteroatoms. The van der Waals surface area contributed by atoms with Crippen molar-refractivity contribution in [3.05, 3.63) is 29.8 Å². The van der Waals surface area contributed by atoms with Gasteiger partial charge in [-0.1, -0.05) is 6.07 Å². The summed E-state index contributed by atoms with van der Waals surface area (Å²) in [6.45, 7) is 0. The lowest BCUT2D eigenvalue weighted by Crippen LogP contribution is -2.59. The molecular weight excluding hydrogens is 334 g/mol. The van der Waals surface area contributed by atoms with Crippen LogP contribution in [0.1, 0.15) is 38.5 Å². The zero-order chi connectivity index (χ0) is 17.1. The van der Waals surface area contributed by atoms with E-state index < -0.39 is 11.0 Å². The molecule has 2 aromatic heterocycles. The summed E-state index contributed by atoms with van der Waals surface area (Å²) in [4.78, 5) is 21.9. The van der Waals surface area contributed by atoms with Crippen LogP contribution in [0.2, 0.25) is 0 Å². The van der Waals surface area contributed by atoms with Crippen LogP contribution >= 0.6 is 11.3 Å². The minimum atomic E-state index is -0.622. The molecule has 0 aromatic carbocycles. The summed E-state index contributed by atoms with van der Waals surface area (Å²) >= 11 is 1.43. The van der Waals surface area contributed by atoms with Crippen LogP contribution in [0.15, 0.2) is 29.8 Å². The summed E-state index contributed by atoms with van der Waals surface area (Å²) in [5.41, 5.74) is 0.562. The molecule has 2 heterocycles. The van der Waals surface area contributed by atoms with E-state index >= 15 is 0 Å². The van der Waals surface area contributed by atoms with Crippen LogP contribution in [0.5, 0.6) is 0 Å². The van der Waals surface area contributed by atoms with Crippen molar-refractivity contribution < 1.29 is 9.90 Å². The molecule has 0 saturated heterocycles. The van der Waals surface area contributed by atoms with Crippen molar-refractivity contribution in [3.8, 4) is 11.4 Å². The second-order valence-electron chi connectivity index (χ2n) is 8.17. The summed E-state index contributed by atoms with van der Waals surface area (Å²) in [5, 5.41) is 16.4. The fraction of sp³-hybridized carbons (Fsp3) is 0.526. The molecule has 4 atom stereocenters. The van der Waals surface area contributed by atoms with Gasteiger partial charge in [0.1, 0.15) is 5.69 Å². The van der Waals surface area contributed by atoms with E-state index in [0.29, 0.717) is 23.4 Å². The number of carbonyl (C=O) groups is 1. The maximum atomic E-state index is 13.1. The van der Waals surface area contributed by atoms with Crippen molar-refractivity contribution in [3.63, 3.8) is 0 Å². The molecule has 0 radical (unpaired) electrons. The minimum Gasteiger partial charge on any atom is -0.390 e. The van der Waals surface area contributed by atoms with Crippen LogP contribution in [0.3, 0.4) is 0 Å². The van der Waals surface area contributed by atoms with Gasteiger partial charge in [0.25, 0.3) is 0 Å². The maximum Gasteiger partial charge on any atom is 0.232 e. The Labute approximate surface area is 150 Å². The predicted molar refractivity (Wildman–Crippen MR) is 96.0 cm³/mol. The first-order valence-corrected chi connectivity index (χ1v) is 9.82. The Balaban J connectivity index is 1.37. The van der Waals surface area contributed by atoms with E-state index in [1.165, 1.54) is 17.8 Å². The number of rotatable bonds is 3. The Morgan fingerprint density at radius 2 is 2.00 bits per heavy atom. The number of pyridine rings is 1. The Bertz CT molecular complexity index is 805. The van der Waals surface area contributed by atoms with Crippen molar-refractivity contribution in [2.24, 2.45) is 17.3 Å². The van der Waals surface area contributed by atoms with E-state index in [9.17, 15) is 9.90 Å². The highest BCUT2D eigenvalue weighted by Gasteiger charge is 2.60. The molecule has 0 aliphatic heterocycles. The Morgan fingerprint density at radius 1 is 1.20 bits per heavy atom. The van der Waals surface area contributed by atoms with Crippen LogP contribution < -0.4 is 5.32 Å². The van der Waals surface area contributed by atoms with Crippen molar-refractivity contribution in [2.45, 2.75) is 44.1 Å². The minimum absolute atomic E-state index is 0.0435. The van der Waals surface area contributed by atoms with Crippen LogP contribution in [0, 0.1) is 17.3 Å². The van der Waals surface area contributed by atoms with Crippen molar-refractivity contribution in [1.29, 1.82) is 0 Å². The quantitative estimate of drug-likeness (QED) is 0.884. The Hall–Kier alpha value is -1.79. The summed E-state index contributed by atoms with van der Waals surface area (Å²) in [6.07, 6.45) is 7.10. The van der Waals surface area contributed by atoms with Crippen LogP contribution in [0.25, 0.3) is 11.4 Å². The number of hydrogen-bond acceptors (Lipinski definition) is 5. The monoisotopic (exact) mass is 355 g/mol. The van der Waals surface area contributed by atoms with Gasteiger partial charge in [0.05, 0.1) is 16.7 Å². The molecule has 2 aromatic rings. The van der Waals surface area contributed by atoms with Crippen LogP contribution in [0.4, 0.5) is 5.13 Å². The first-order chi connectivity index (χ1) is 12.0. The fourth-order valence-corrected chi connectivity index (χ4v) is 6.37. The van der Waals surface area contributed by atoms with Gasteiger partial charge in [-0.15, -0.1) is 11.3 Å². The summed E-state index contributed by atoms with van der Waals surface area (Å²) in [7, 11) is 0. The van der Waals surface area contributed by atoms with Crippen molar-refractivity contribution in [2.75, 3.05) is 5.32 Å². The molecule has 25 heavy (non-hydrogen) atoms. The topological polar surface area (TPSA) is 75.1 Å². The van der Waals surface area contributed by atoms with Crippen LogP contribution in [-0.2, 0) is 4.79 Å². The average molecular weight is 355 g/mol. The molecule has 4 aliphatic rings. The van der Waals surface area contributed by atoms with Gasteiger partial charge in [-0.25, -0.2) is 4.98 Å². The van der Waals surface area contributed by atoms with E-state index in [1.807, 2.05) is 23.6 Å². The number of carbonyl (C=O) groups excluding carboxylic acids is 1. The van der Waals surface area contributed by atoms with Crippen molar-refractivity contribution in [1.82, 2.24) is 9.97 Å². The average Bonchev–Trinajstić information content (AvgIpc) is 3.02. The van der Waals surface area contributed by atoms with Gasteiger partial charge in [-0.2, -0.15) is 0 Å². The normalized spacial score (nSPS) is 35.7. The lowest BCUT2D eigenvalue weighted by Gasteiger charge is -2.59. The Morgan fingerprint density at radius 3 is 2.68 bits per heavy atom. The molecule has 4 aliphatic carbocycles. The number of aliphatic hydroxyl groups is 1. The number of anilines is 1. The smallest absolute Gasteiger partial charge is 0.232 e. The van der Waals surface area contributed by atoms with E-state index in [2.05, 4.69) is 15.3 Å². The zero-order valence-electron chi connectivity index (χ0n) is 13.9. The largest absolute Gasteiger partial charge is 0.390 e.